The molecular formula is C12H15F3N6. The number of nitriles is 1. The largest absolute Gasteiger partial charge is 0.451 e. The lowest BCUT2D eigenvalue weighted by Gasteiger charge is -2.29. The van der Waals surface area contributed by atoms with Crippen LogP contribution >= 0.6 is 0 Å². The van der Waals surface area contributed by atoms with Gasteiger partial charge in [0.15, 0.2) is 0 Å². The van der Waals surface area contributed by atoms with Crippen molar-refractivity contribution in [2.45, 2.75) is 44.2 Å². The van der Waals surface area contributed by atoms with E-state index < -0.39 is 12.0 Å². The van der Waals surface area contributed by atoms with E-state index in [9.17, 15) is 13.2 Å². The summed E-state index contributed by atoms with van der Waals surface area (Å²) in [5.41, 5.74) is 0. The first-order valence-corrected chi connectivity index (χ1v) is 6.84. The predicted octanol–water partition coefficient (Wildman–Crippen LogP) is 0.757. The molecule has 0 radical (unpaired) electrons. The molecule has 1 aromatic rings. The van der Waals surface area contributed by atoms with Gasteiger partial charge in [0.05, 0.1) is 12.6 Å². The highest BCUT2D eigenvalue weighted by Crippen LogP contribution is 2.29. The first-order chi connectivity index (χ1) is 9.97. The first-order valence-electron chi connectivity index (χ1n) is 6.84. The molecule has 1 fully saturated rings. The molecule has 114 valence electrons. The first kappa shape index (κ1) is 14.3. The third-order valence-corrected chi connectivity index (χ3v) is 3.70. The number of hydrogen-bond acceptors (Lipinski definition) is 5. The Morgan fingerprint density at radius 1 is 1.33 bits per heavy atom. The molecule has 1 aromatic heterocycles. The fourth-order valence-electron chi connectivity index (χ4n) is 2.50. The average Bonchev–Trinajstić information content (AvgIpc) is 3.13. The van der Waals surface area contributed by atoms with Crippen LogP contribution in [0.15, 0.2) is 0 Å². The minimum atomic E-state index is -4.48. The molecule has 0 saturated heterocycles. The summed E-state index contributed by atoms with van der Waals surface area (Å²) < 4.78 is 39.3. The second-order valence-corrected chi connectivity index (χ2v) is 5.45. The molecule has 0 spiro atoms. The maximum Gasteiger partial charge on any atom is 0.451 e. The van der Waals surface area contributed by atoms with Gasteiger partial charge >= 0.3 is 6.18 Å². The molecule has 0 bridgehead atoms. The quantitative estimate of drug-likeness (QED) is 0.889. The summed E-state index contributed by atoms with van der Waals surface area (Å²) in [4.78, 5) is 1.94. The van der Waals surface area contributed by atoms with Crippen molar-refractivity contribution in [3.8, 4) is 6.07 Å². The van der Waals surface area contributed by atoms with Crippen LogP contribution in [-0.2, 0) is 19.3 Å². The molecule has 1 N–H and O–H groups in total. The average molecular weight is 300 g/mol. The van der Waals surface area contributed by atoms with Gasteiger partial charge in [-0.25, -0.2) is 0 Å². The second-order valence-electron chi connectivity index (χ2n) is 5.45. The second kappa shape index (κ2) is 5.27. The minimum Gasteiger partial charge on any atom is -0.305 e. The maximum atomic E-state index is 12.7. The molecule has 21 heavy (non-hydrogen) atoms. The van der Waals surface area contributed by atoms with Crippen molar-refractivity contribution in [3.05, 3.63) is 11.6 Å². The zero-order chi connectivity index (χ0) is 15.0. The lowest BCUT2D eigenvalue weighted by molar-refractivity contribution is -0.148. The van der Waals surface area contributed by atoms with Gasteiger partial charge < -0.3 is 4.57 Å². The van der Waals surface area contributed by atoms with Crippen molar-refractivity contribution in [2.75, 3.05) is 13.1 Å². The van der Waals surface area contributed by atoms with Gasteiger partial charge in [-0.15, -0.1) is 10.2 Å². The summed E-state index contributed by atoms with van der Waals surface area (Å²) in [6, 6.07) is 2.32. The third-order valence-electron chi connectivity index (χ3n) is 3.70. The molecule has 2 heterocycles. The summed E-state index contributed by atoms with van der Waals surface area (Å²) in [5.74, 6) is -0.637. The van der Waals surface area contributed by atoms with Gasteiger partial charge in [0.1, 0.15) is 11.9 Å². The van der Waals surface area contributed by atoms with E-state index in [0.717, 1.165) is 17.4 Å². The van der Waals surface area contributed by atoms with E-state index >= 15 is 0 Å². The Hall–Kier alpha value is -1.66. The highest BCUT2D eigenvalue weighted by Gasteiger charge is 2.39. The number of nitrogens with one attached hydrogen (secondary N) is 1. The van der Waals surface area contributed by atoms with Gasteiger partial charge in [-0.2, -0.15) is 18.4 Å². The number of nitrogens with zero attached hydrogens (tertiary/aromatic N) is 5. The fraction of sp³-hybridized carbons (Fsp3) is 0.750. The number of rotatable bonds is 4. The summed E-state index contributed by atoms with van der Waals surface area (Å²) in [7, 11) is 0. The minimum absolute atomic E-state index is 0.193. The molecule has 0 aromatic carbocycles. The van der Waals surface area contributed by atoms with Crippen LogP contribution in [-0.4, -0.2) is 44.8 Å². The van der Waals surface area contributed by atoms with E-state index in [1.165, 1.54) is 0 Å². The number of fused-ring (bicyclic) bond motifs is 1. The number of aromatic nitrogens is 3. The monoisotopic (exact) mass is 300 g/mol. The third kappa shape index (κ3) is 3.16. The molecule has 6 nitrogen and oxygen atoms in total. The van der Waals surface area contributed by atoms with Crippen LogP contribution in [0.4, 0.5) is 13.2 Å². The van der Waals surface area contributed by atoms with Crippen molar-refractivity contribution >= 4 is 0 Å². The predicted molar refractivity (Wildman–Crippen MR) is 65.9 cm³/mol. The van der Waals surface area contributed by atoms with E-state index in [0.29, 0.717) is 25.0 Å². The van der Waals surface area contributed by atoms with E-state index in [1.54, 1.807) is 0 Å². The van der Waals surface area contributed by atoms with E-state index in [-0.39, 0.29) is 19.1 Å². The summed E-state index contributed by atoms with van der Waals surface area (Å²) in [6.07, 6.45) is -2.31. The fourth-order valence-corrected chi connectivity index (χ4v) is 2.50. The van der Waals surface area contributed by atoms with Crippen LogP contribution in [0, 0.1) is 11.3 Å². The molecule has 0 amide bonds. The molecule has 3 rings (SSSR count). The lowest BCUT2D eigenvalue weighted by atomic mass is 10.2. The molecule has 1 unspecified atom stereocenters. The number of halogens is 3. The maximum absolute atomic E-state index is 12.7. The van der Waals surface area contributed by atoms with Crippen molar-refractivity contribution in [1.29, 1.82) is 5.26 Å². The van der Waals surface area contributed by atoms with E-state index in [1.807, 2.05) is 4.90 Å². The number of hydrogen-bond donors (Lipinski definition) is 1. The molecular weight excluding hydrogens is 285 g/mol. The molecule has 1 saturated carbocycles. The Balaban J connectivity index is 1.65. The van der Waals surface area contributed by atoms with Crippen molar-refractivity contribution < 1.29 is 13.2 Å². The Morgan fingerprint density at radius 3 is 2.71 bits per heavy atom. The topological polar surface area (TPSA) is 69.8 Å². The van der Waals surface area contributed by atoms with Crippen molar-refractivity contribution in [1.82, 2.24) is 25.0 Å². The Labute approximate surface area is 119 Å². The molecule has 1 aliphatic heterocycles. The molecule has 2 aliphatic rings. The Morgan fingerprint density at radius 2 is 2.10 bits per heavy atom. The number of alkyl halides is 3. The molecule has 9 heteroatoms. The van der Waals surface area contributed by atoms with Crippen LogP contribution in [0.3, 0.4) is 0 Å². The standard InChI is InChI=1S/C12H15F3N6/c13-12(14,15)11-19-18-10-7-20(3-4-21(10)11)6-9(5-16)17-8-1-2-8/h8-9,17H,1-4,6-7H2. The van der Waals surface area contributed by atoms with Crippen LogP contribution in [0.25, 0.3) is 0 Å². The smallest absolute Gasteiger partial charge is 0.305 e. The Kier molecular flexibility index (Phi) is 3.59. The van der Waals surface area contributed by atoms with Gasteiger partial charge in [-0.3, -0.25) is 10.2 Å². The van der Waals surface area contributed by atoms with Gasteiger partial charge in [0, 0.05) is 25.7 Å². The summed E-state index contributed by atoms with van der Waals surface area (Å²) >= 11 is 0. The highest BCUT2D eigenvalue weighted by atomic mass is 19.4. The zero-order valence-electron chi connectivity index (χ0n) is 11.3. The van der Waals surface area contributed by atoms with Gasteiger partial charge in [-0.1, -0.05) is 0 Å². The summed E-state index contributed by atoms with van der Waals surface area (Å²) in [6.45, 7) is 1.42. The summed E-state index contributed by atoms with van der Waals surface area (Å²) in [5, 5.41) is 19.2. The van der Waals surface area contributed by atoms with Gasteiger partial charge in [0.2, 0.25) is 5.82 Å². The zero-order valence-corrected chi connectivity index (χ0v) is 11.3. The normalized spacial score (nSPS) is 20.9. The van der Waals surface area contributed by atoms with Crippen molar-refractivity contribution in [3.63, 3.8) is 0 Å². The molecule has 1 atom stereocenters. The van der Waals surface area contributed by atoms with Gasteiger partial charge in [0.25, 0.3) is 0 Å². The molecule has 1 aliphatic carbocycles. The van der Waals surface area contributed by atoms with Crippen molar-refractivity contribution in [2.24, 2.45) is 0 Å². The van der Waals surface area contributed by atoms with E-state index in [4.69, 9.17) is 5.26 Å². The van der Waals surface area contributed by atoms with E-state index in [2.05, 4.69) is 21.6 Å². The van der Waals surface area contributed by atoms with Crippen LogP contribution in [0.2, 0.25) is 0 Å². The highest BCUT2D eigenvalue weighted by molar-refractivity contribution is 5.04. The van der Waals surface area contributed by atoms with Gasteiger partial charge in [-0.05, 0) is 12.8 Å². The van der Waals surface area contributed by atoms with Crippen LogP contribution < -0.4 is 5.32 Å². The van der Waals surface area contributed by atoms with Crippen LogP contribution in [0.1, 0.15) is 24.5 Å². The SMILES string of the molecule is N#CC(CN1CCn2c(nnc2C(F)(F)F)C1)NC1CC1. The Bertz CT molecular complexity index is 556. The lowest BCUT2D eigenvalue weighted by Crippen LogP contribution is -2.44. The van der Waals surface area contributed by atoms with Crippen LogP contribution in [0.5, 0.6) is 0 Å².